The normalized spacial score (nSPS) is 11.8. The fourth-order valence-electron chi connectivity index (χ4n) is 2.53. The van der Waals surface area contributed by atoms with E-state index in [1.54, 1.807) is 19.2 Å². The zero-order chi connectivity index (χ0) is 19.2. The van der Waals surface area contributed by atoms with Gasteiger partial charge >= 0.3 is 0 Å². The Hall–Kier alpha value is -2.86. The Balaban J connectivity index is 1.58. The first-order valence-electron chi connectivity index (χ1n) is 8.50. The van der Waals surface area contributed by atoms with Crippen molar-refractivity contribution in [1.82, 2.24) is 5.32 Å². The Kier molecular flexibility index (Phi) is 6.08. The molecular weight excluding hydrogens is 362 g/mol. The summed E-state index contributed by atoms with van der Waals surface area (Å²) < 4.78 is 23.1. The lowest BCUT2D eigenvalue weighted by molar-refractivity contribution is 0.0921. The van der Waals surface area contributed by atoms with Crippen LogP contribution < -0.4 is 10.1 Å². The van der Waals surface area contributed by atoms with Gasteiger partial charge in [0.25, 0.3) is 5.91 Å². The Morgan fingerprint density at radius 2 is 1.89 bits per heavy atom. The predicted molar refractivity (Wildman–Crippen MR) is 104 cm³/mol. The maximum atomic E-state index is 12.4. The highest BCUT2D eigenvalue weighted by molar-refractivity contribution is 7.84. The van der Waals surface area contributed by atoms with Crippen LogP contribution in [0.3, 0.4) is 0 Å². The van der Waals surface area contributed by atoms with Gasteiger partial charge < -0.3 is 14.5 Å². The third-order valence-electron chi connectivity index (χ3n) is 4.03. The SMILES string of the molecule is COc1cccc(CNC(=O)c2ccc(C[S@](=O)c3ccc(C)cc3)o2)c1. The molecule has 0 unspecified atom stereocenters. The van der Waals surface area contributed by atoms with Gasteiger partial charge in [-0.15, -0.1) is 0 Å². The van der Waals surface area contributed by atoms with Gasteiger partial charge in [0.2, 0.25) is 0 Å². The van der Waals surface area contributed by atoms with Crippen LogP contribution in [0.4, 0.5) is 0 Å². The first kappa shape index (κ1) is 18.9. The minimum absolute atomic E-state index is 0.203. The summed E-state index contributed by atoms with van der Waals surface area (Å²) in [5, 5.41) is 2.81. The molecule has 1 amide bonds. The molecule has 140 valence electrons. The molecule has 0 aliphatic heterocycles. The Morgan fingerprint density at radius 3 is 2.63 bits per heavy atom. The highest BCUT2D eigenvalue weighted by Crippen LogP contribution is 2.16. The number of methoxy groups -OCH3 is 1. The molecular formula is C21H21NO4S. The monoisotopic (exact) mass is 383 g/mol. The number of hydrogen-bond acceptors (Lipinski definition) is 4. The van der Waals surface area contributed by atoms with Crippen LogP contribution in [0.2, 0.25) is 0 Å². The Morgan fingerprint density at radius 1 is 1.11 bits per heavy atom. The summed E-state index contributed by atoms with van der Waals surface area (Å²) in [6.45, 7) is 2.34. The zero-order valence-electron chi connectivity index (χ0n) is 15.2. The highest BCUT2D eigenvalue weighted by atomic mass is 32.2. The number of carbonyl (C=O) groups excluding carboxylic acids is 1. The van der Waals surface area contributed by atoms with Crippen LogP contribution in [-0.2, 0) is 23.1 Å². The lowest BCUT2D eigenvalue weighted by Gasteiger charge is -2.05. The third-order valence-corrected chi connectivity index (χ3v) is 5.37. The van der Waals surface area contributed by atoms with Crippen LogP contribution >= 0.6 is 0 Å². The number of nitrogens with one attached hydrogen (secondary N) is 1. The van der Waals surface area contributed by atoms with Crippen LogP contribution in [0.5, 0.6) is 5.75 Å². The first-order valence-corrected chi connectivity index (χ1v) is 9.82. The van der Waals surface area contributed by atoms with Crippen molar-refractivity contribution in [3.05, 3.63) is 83.3 Å². The largest absolute Gasteiger partial charge is 0.497 e. The van der Waals surface area contributed by atoms with E-state index in [0.717, 1.165) is 21.8 Å². The van der Waals surface area contributed by atoms with Crippen molar-refractivity contribution in [3.63, 3.8) is 0 Å². The number of rotatable bonds is 7. The molecule has 0 saturated heterocycles. The molecule has 1 N–H and O–H groups in total. The van der Waals surface area contributed by atoms with Gasteiger partial charge in [-0.1, -0.05) is 29.8 Å². The van der Waals surface area contributed by atoms with Gasteiger partial charge in [-0.2, -0.15) is 0 Å². The summed E-state index contributed by atoms with van der Waals surface area (Å²) in [6.07, 6.45) is 0. The Labute approximate surface area is 160 Å². The molecule has 0 bridgehead atoms. The van der Waals surface area contributed by atoms with E-state index in [-0.39, 0.29) is 17.4 Å². The van der Waals surface area contributed by atoms with E-state index in [4.69, 9.17) is 9.15 Å². The summed E-state index contributed by atoms with van der Waals surface area (Å²) in [5.74, 6) is 1.37. The molecule has 0 fully saturated rings. The number of hydrogen-bond donors (Lipinski definition) is 1. The number of aryl methyl sites for hydroxylation is 1. The molecule has 0 aliphatic rings. The van der Waals surface area contributed by atoms with E-state index in [1.165, 1.54) is 0 Å². The molecule has 0 spiro atoms. The number of furan rings is 1. The van der Waals surface area contributed by atoms with Gasteiger partial charge in [0, 0.05) is 11.4 Å². The molecule has 6 heteroatoms. The van der Waals surface area contributed by atoms with Crippen LogP contribution in [0.25, 0.3) is 0 Å². The molecule has 2 aromatic carbocycles. The molecule has 0 saturated carbocycles. The standard InChI is InChI=1S/C21H21NO4S/c1-15-6-9-19(10-7-15)27(24)14-18-8-11-20(26-18)21(23)22-13-16-4-3-5-17(12-16)25-2/h3-12H,13-14H2,1-2H3,(H,22,23)/t27-/m0/s1. The number of carbonyl (C=O) groups is 1. The second kappa shape index (κ2) is 8.68. The second-order valence-electron chi connectivity index (χ2n) is 6.10. The topological polar surface area (TPSA) is 68.5 Å². The van der Waals surface area contributed by atoms with Crippen molar-refractivity contribution in [1.29, 1.82) is 0 Å². The molecule has 1 heterocycles. The molecule has 1 atom stereocenters. The fraction of sp³-hybridized carbons (Fsp3) is 0.190. The quantitative estimate of drug-likeness (QED) is 0.673. The first-order chi connectivity index (χ1) is 13.0. The average molecular weight is 383 g/mol. The van der Waals surface area contributed by atoms with Gasteiger partial charge in [0.15, 0.2) is 5.76 Å². The second-order valence-corrected chi connectivity index (χ2v) is 7.55. The van der Waals surface area contributed by atoms with E-state index in [0.29, 0.717) is 12.3 Å². The third kappa shape index (κ3) is 5.08. The van der Waals surface area contributed by atoms with Crippen molar-refractivity contribution >= 4 is 16.7 Å². The minimum Gasteiger partial charge on any atom is -0.497 e. The van der Waals surface area contributed by atoms with Crippen LogP contribution in [-0.4, -0.2) is 17.2 Å². The average Bonchev–Trinajstić information content (AvgIpc) is 3.15. The molecule has 3 rings (SSSR count). The predicted octanol–water partition coefficient (Wildman–Crippen LogP) is 3.83. The molecule has 5 nitrogen and oxygen atoms in total. The zero-order valence-corrected chi connectivity index (χ0v) is 16.0. The van der Waals surface area contributed by atoms with Crippen LogP contribution in [0, 0.1) is 6.92 Å². The minimum atomic E-state index is -1.22. The van der Waals surface area contributed by atoms with E-state index in [1.807, 2.05) is 55.5 Å². The molecule has 0 radical (unpaired) electrons. The van der Waals surface area contributed by atoms with E-state index in [9.17, 15) is 9.00 Å². The van der Waals surface area contributed by atoms with E-state index < -0.39 is 10.8 Å². The van der Waals surface area contributed by atoms with Crippen LogP contribution in [0.1, 0.15) is 27.4 Å². The number of benzene rings is 2. The van der Waals surface area contributed by atoms with Gasteiger partial charge in [-0.25, -0.2) is 0 Å². The van der Waals surface area contributed by atoms with Crippen molar-refractivity contribution in [2.75, 3.05) is 7.11 Å². The van der Waals surface area contributed by atoms with Gasteiger partial charge in [0.1, 0.15) is 11.5 Å². The summed E-state index contributed by atoms with van der Waals surface area (Å²) in [5.41, 5.74) is 2.04. The smallest absolute Gasteiger partial charge is 0.287 e. The van der Waals surface area contributed by atoms with Crippen LogP contribution in [0.15, 0.2) is 70.0 Å². The summed E-state index contributed by atoms with van der Waals surface area (Å²) in [7, 11) is 0.381. The molecule has 3 aromatic rings. The maximum Gasteiger partial charge on any atom is 0.287 e. The molecule has 1 aromatic heterocycles. The highest BCUT2D eigenvalue weighted by Gasteiger charge is 2.13. The molecule has 27 heavy (non-hydrogen) atoms. The van der Waals surface area contributed by atoms with Gasteiger partial charge in [-0.3, -0.25) is 9.00 Å². The van der Waals surface area contributed by atoms with E-state index >= 15 is 0 Å². The lowest BCUT2D eigenvalue weighted by atomic mass is 10.2. The van der Waals surface area contributed by atoms with E-state index in [2.05, 4.69) is 5.32 Å². The summed E-state index contributed by atoms with van der Waals surface area (Å²) >= 11 is 0. The summed E-state index contributed by atoms with van der Waals surface area (Å²) in [4.78, 5) is 13.0. The van der Waals surface area contributed by atoms with Crippen molar-refractivity contribution < 1.29 is 18.2 Å². The van der Waals surface area contributed by atoms with Gasteiger partial charge in [-0.05, 0) is 48.9 Å². The fourth-order valence-corrected chi connectivity index (χ4v) is 3.55. The summed E-state index contributed by atoms with van der Waals surface area (Å²) in [6, 6.07) is 18.3. The van der Waals surface area contributed by atoms with Gasteiger partial charge in [0.05, 0.1) is 23.7 Å². The maximum absolute atomic E-state index is 12.4. The van der Waals surface area contributed by atoms with Crippen molar-refractivity contribution in [2.45, 2.75) is 24.1 Å². The molecule has 0 aliphatic carbocycles. The number of ether oxygens (including phenoxy) is 1. The Bertz CT molecular complexity index is 947. The van der Waals surface area contributed by atoms with Crippen molar-refractivity contribution in [3.8, 4) is 5.75 Å². The number of amides is 1. The van der Waals surface area contributed by atoms with Crippen molar-refractivity contribution in [2.24, 2.45) is 0 Å². The lowest BCUT2D eigenvalue weighted by Crippen LogP contribution is -2.22.